The molecular formula is C29H43N5O5. The highest BCUT2D eigenvalue weighted by molar-refractivity contribution is 5.92. The molecule has 10 heteroatoms. The van der Waals surface area contributed by atoms with Gasteiger partial charge in [-0.15, -0.1) is 0 Å². The van der Waals surface area contributed by atoms with Crippen molar-refractivity contribution < 1.29 is 24.3 Å². The Morgan fingerprint density at radius 3 is 2.36 bits per heavy atom. The Morgan fingerprint density at radius 1 is 0.923 bits per heavy atom. The molecule has 2 heterocycles. The molecule has 0 aromatic heterocycles. The van der Waals surface area contributed by atoms with E-state index in [2.05, 4.69) is 21.4 Å². The molecule has 214 valence electrons. The summed E-state index contributed by atoms with van der Waals surface area (Å²) in [7, 11) is 0. The van der Waals surface area contributed by atoms with Crippen LogP contribution in [0, 0.1) is 11.8 Å². The number of nitrogens with one attached hydrogen (secondary N) is 4. The maximum absolute atomic E-state index is 13.2. The number of rotatable bonds is 1. The quantitative estimate of drug-likeness (QED) is 0.367. The van der Waals surface area contributed by atoms with Crippen molar-refractivity contribution in [2.45, 2.75) is 90.6 Å². The maximum atomic E-state index is 13.2. The Labute approximate surface area is 230 Å². The highest BCUT2D eigenvalue weighted by Gasteiger charge is 2.34. The number of aliphatic hydroxyl groups excluding tert-OH is 1. The van der Waals surface area contributed by atoms with Crippen LogP contribution in [-0.2, 0) is 19.2 Å². The predicted octanol–water partition coefficient (Wildman–Crippen LogP) is 1.81. The van der Waals surface area contributed by atoms with Crippen molar-refractivity contribution in [1.82, 2.24) is 26.4 Å². The van der Waals surface area contributed by atoms with Crippen LogP contribution in [0.1, 0.15) is 77.5 Å². The number of amides is 4. The highest BCUT2D eigenvalue weighted by Crippen LogP contribution is 2.18. The monoisotopic (exact) mass is 541 g/mol. The number of carbonyl (C=O) groups excluding carboxylic acids is 4. The van der Waals surface area contributed by atoms with Gasteiger partial charge in [-0.1, -0.05) is 51.1 Å². The number of benzene rings is 1. The van der Waals surface area contributed by atoms with Gasteiger partial charge in [0.15, 0.2) is 0 Å². The number of aliphatic hydroxyl groups is 1. The van der Waals surface area contributed by atoms with Gasteiger partial charge in [0.05, 0.1) is 18.1 Å². The number of nitrogens with zero attached hydrogens (tertiary/aromatic N) is 1. The SMILES string of the molecule is CC(C)[C@@H]1NC(=O)[C@H](C)C(O)CC/C=C/c2cccc(c2)[C@@H](C)NC(=O)[C@@H]2CCCN(N2)C(=O)[C@H](C)NC1=O. The number of hydrogen-bond donors (Lipinski definition) is 5. The van der Waals surface area contributed by atoms with Gasteiger partial charge in [0.1, 0.15) is 18.1 Å². The second-order valence-electron chi connectivity index (χ2n) is 11.0. The Morgan fingerprint density at radius 2 is 1.64 bits per heavy atom. The van der Waals surface area contributed by atoms with Crippen LogP contribution < -0.4 is 21.4 Å². The zero-order valence-electron chi connectivity index (χ0n) is 23.6. The zero-order valence-corrected chi connectivity index (χ0v) is 23.6. The lowest BCUT2D eigenvalue weighted by molar-refractivity contribution is -0.143. The Balaban J connectivity index is 1.85. The summed E-state index contributed by atoms with van der Waals surface area (Å²) in [5.74, 6) is -2.43. The molecular weight excluding hydrogens is 498 g/mol. The first kappa shape index (κ1) is 30.3. The van der Waals surface area contributed by atoms with E-state index in [-0.39, 0.29) is 23.8 Å². The normalized spacial score (nSPS) is 30.9. The maximum Gasteiger partial charge on any atom is 0.258 e. The van der Waals surface area contributed by atoms with Gasteiger partial charge in [-0.05, 0) is 62.6 Å². The summed E-state index contributed by atoms with van der Waals surface area (Å²) in [6.45, 7) is 9.15. The van der Waals surface area contributed by atoms with Crippen LogP contribution in [0.5, 0.6) is 0 Å². The summed E-state index contributed by atoms with van der Waals surface area (Å²) in [6.07, 6.45) is 5.18. The summed E-state index contributed by atoms with van der Waals surface area (Å²) in [5.41, 5.74) is 4.93. The smallest absolute Gasteiger partial charge is 0.258 e. The van der Waals surface area contributed by atoms with E-state index < -0.39 is 42.0 Å². The van der Waals surface area contributed by atoms with Crippen LogP contribution in [0.15, 0.2) is 30.3 Å². The zero-order chi connectivity index (χ0) is 28.7. The van der Waals surface area contributed by atoms with Gasteiger partial charge in [-0.3, -0.25) is 24.2 Å². The van der Waals surface area contributed by atoms with E-state index in [4.69, 9.17) is 0 Å². The van der Waals surface area contributed by atoms with Crippen LogP contribution in [0.4, 0.5) is 0 Å². The molecule has 6 atom stereocenters. The van der Waals surface area contributed by atoms with Gasteiger partial charge < -0.3 is 21.1 Å². The van der Waals surface area contributed by atoms with E-state index in [1.54, 1.807) is 27.7 Å². The number of hydrazine groups is 1. The molecule has 3 rings (SSSR count). The number of carbonyl (C=O) groups is 4. The fourth-order valence-electron chi connectivity index (χ4n) is 4.79. The molecule has 1 aromatic carbocycles. The minimum absolute atomic E-state index is 0.203. The summed E-state index contributed by atoms with van der Waals surface area (Å²) in [5, 5.41) is 20.5. The fraction of sp³-hybridized carbons (Fsp3) is 0.586. The van der Waals surface area contributed by atoms with Crippen molar-refractivity contribution in [2.75, 3.05) is 6.54 Å². The number of fused-ring (bicyclic) bond motifs is 4. The average Bonchev–Trinajstić information content (AvgIpc) is 2.92. The molecule has 10 nitrogen and oxygen atoms in total. The largest absolute Gasteiger partial charge is 0.392 e. The predicted molar refractivity (Wildman–Crippen MR) is 149 cm³/mol. The second-order valence-corrected chi connectivity index (χ2v) is 11.0. The molecule has 4 amide bonds. The van der Waals surface area contributed by atoms with Crippen LogP contribution in [0.25, 0.3) is 6.08 Å². The van der Waals surface area contributed by atoms with E-state index in [1.807, 2.05) is 43.3 Å². The molecule has 0 spiro atoms. The summed E-state index contributed by atoms with van der Waals surface area (Å²) in [6, 6.07) is 5.26. The minimum atomic E-state index is -0.886. The average molecular weight is 542 g/mol. The van der Waals surface area contributed by atoms with Gasteiger partial charge in [0.25, 0.3) is 5.91 Å². The van der Waals surface area contributed by atoms with Crippen molar-refractivity contribution in [1.29, 1.82) is 0 Å². The third-order valence-electron chi connectivity index (χ3n) is 7.44. The molecule has 1 unspecified atom stereocenters. The molecule has 5 N–H and O–H groups in total. The molecule has 4 bridgehead atoms. The lowest BCUT2D eigenvalue weighted by Crippen LogP contribution is -2.62. The lowest BCUT2D eigenvalue weighted by Gasteiger charge is -2.35. The topological polar surface area (TPSA) is 140 Å². The molecule has 0 radical (unpaired) electrons. The second kappa shape index (κ2) is 13.7. The van der Waals surface area contributed by atoms with Crippen LogP contribution in [-0.4, -0.2) is 64.5 Å². The van der Waals surface area contributed by atoms with E-state index >= 15 is 0 Å². The van der Waals surface area contributed by atoms with Crippen LogP contribution >= 0.6 is 0 Å². The van der Waals surface area contributed by atoms with Crippen LogP contribution in [0.2, 0.25) is 0 Å². The van der Waals surface area contributed by atoms with Crippen molar-refractivity contribution >= 4 is 29.7 Å². The van der Waals surface area contributed by atoms with Gasteiger partial charge in [-0.2, -0.15) is 0 Å². The molecule has 0 saturated carbocycles. The van der Waals surface area contributed by atoms with Gasteiger partial charge in [0, 0.05) is 6.54 Å². The molecule has 39 heavy (non-hydrogen) atoms. The minimum Gasteiger partial charge on any atom is -0.392 e. The van der Waals surface area contributed by atoms with E-state index in [0.717, 1.165) is 11.1 Å². The summed E-state index contributed by atoms with van der Waals surface area (Å²) < 4.78 is 0. The molecule has 0 aliphatic carbocycles. The third-order valence-corrected chi connectivity index (χ3v) is 7.44. The van der Waals surface area contributed by atoms with E-state index in [9.17, 15) is 24.3 Å². The summed E-state index contributed by atoms with van der Waals surface area (Å²) in [4.78, 5) is 52.2. The first-order chi connectivity index (χ1) is 18.5. The van der Waals surface area contributed by atoms with Crippen molar-refractivity contribution in [3.63, 3.8) is 0 Å². The van der Waals surface area contributed by atoms with Gasteiger partial charge in [0.2, 0.25) is 17.7 Å². The van der Waals surface area contributed by atoms with E-state index in [0.29, 0.717) is 32.2 Å². The van der Waals surface area contributed by atoms with Crippen LogP contribution in [0.3, 0.4) is 0 Å². The summed E-state index contributed by atoms with van der Waals surface area (Å²) >= 11 is 0. The lowest BCUT2D eigenvalue weighted by atomic mass is 9.96. The highest BCUT2D eigenvalue weighted by atomic mass is 16.3. The van der Waals surface area contributed by atoms with Gasteiger partial charge >= 0.3 is 0 Å². The Kier molecular flexibility index (Phi) is 10.7. The van der Waals surface area contributed by atoms with Crippen molar-refractivity contribution in [3.8, 4) is 0 Å². The fourth-order valence-corrected chi connectivity index (χ4v) is 4.79. The third kappa shape index (κ3) is 8.12. The Hall–Kier alpha value is -3.24. The standard InChI is InChI=1S/C29H43N5O5/c1-17(2)25-28(38)31-20(5)29(39)34-15-9-13-23(33-34)27(37)30-19(4)22-12-8-11-21(16-22)10-6-7-14-24(35)18(3)26(36)32-25/h6,8,10-12,16-20,23-25,33,35H,7,9,13-15H2,1-5H3,(H,30,37)(H,31,38)(H,32,36)/b10-6+/t18-,19-,20+,23+,24?,25+/m1/s1. The van der Waals surface area contributed by atoms with Crippen molar-refractivity contribution in [3.05, 3.63) is 41.5 Å². The number of allylic oxidation sites excluding steroid dienone is 1. The molecule has 1 aromatic rings. The van der Waals surface area contributed by atoms with Gasteiger partial charge in [-0.25, -0.2) is 5.43 Å². The first-order valence-electron chi connectivity index (χ1n) is 13.9. The number of hydrogen-bond acceptors (Lipinski definition) is 6. The molecule has 1 saturated heterocycles. The van der Waals surface area contributed by atoms with E-state index in [1.165, 1.54) is 5.01 Å². The first-order valence-corrected chi connectivity index (χ1v) is 13.9. The molecule has 2 aliphatic rings. The van der Waals surface area contributed by atoms with Crippen molar-refractivity contribution in [2.24, 2.45) is 11.8 Å². The Bertz CT molecular complexity index is 1070. The molecule has 1 fully saturated rings. The molecule has 2 aliphatic heterocycles.